The maximum absolute atomic E-state index is 5.41. The summed E-state index contributed by atoms with van der Waals surface area (Å²) in [6.07, 6.45) is 0.813. The summed E-state index contributed by atoms with van der Waals surface area (Å²) < 4.78 is 2.21. The average Bonchev–Trinajstić information content (AvgIpc) is 3.53. The molecule has 0 saturated carbocycles. The molecule has 0 amide bonds. The van der Waals surface area contributed by atoms with Gasteiger partial charge in [0.05, 0.1) is 16.7 Å². The van der Waals surface area contributed by atoms with Crippen molar-refractivity contribution in [3.8, 4) is 39.3 Å². The Hall–Kier alpha value is -6.06. The highest BCUT2D eigenvalue weighted by atomic mass is 15.1. The van der Waals surface area contributed by atoms with Crippen molar-refractivity contribution in [2.45, 2.75) is 13.3 Å². The largest absolute Gasteiger partial charge is 0.280 e. The van der Waals surface area contributed by atoms with E-state index in [-0.39, 0.29) is 0 Å². The molecule has 0 aliphatic carbocycles. The molecule has 3 nitrogen and oxygen atoms in total. The number of fused-ring (bicyclic) bond motifs is 4. The van der Waals surface area contributed by atoms with E-state index in [4.69, 9.17) is 9.97 Å². The van der Waals surface area contributed by atoms with Gasteiger partial charge in [-0.05, 0) is 91.0 Å². The van der Waals surface area contributed by atoms with Gasteiger partial charge in [-0.2, -0.15) is 0 Å². The smallest absolute Gasteiger partial charge is 0.139 e. The van der Waals surface area contributed by atoms with Crippen LogP contribution in [0.1, 0.15) is 12.7 Å². The number of pyridine rings is 1. The standard InChI is InChI=1S/C44H31N3/c1-2-41-45-38-19-10-11-21-40(38)47(41)42-22-12-20-39(46-42)44-35-18-9-8-17-34(35)43(33-24-23-30-15-6-7-16-31(30)27-33)36-26-25-32(28-37(36)44)29-13-4-3-5-14-29/h3-28H,2H2,1H3. The van der Waals surface area contributed by atoms with E-state index in [2.05, 4.69) is 163 Å². The maximum Gasteiger partial charge on any atom is 0.139 e. The number of nitrogens with zero attached hydrogens (tertiary/aromatic N) is 3. The molecule has 0 N–H and O–H groups in total. The number of benzene rings is 7. The molecule has 2 aromatic heterocycles. The minimum atomic E-state index is 0.813. The number of hydrogen-bond donors (Lipinski definition) is 0. The van der Waals surface area contributed by atoms with Crippen LogP contribution in [0.2, 0.25) is 0 Å². The molecule has 0 atom stereocenters. The van der Waals surface area contributed by atoms with Gasteiger partial charge in [0.2, 0.25) is 0 Å². The van der Waals surface area contributed by atoms with Crippen molar-refractivity contribution in [1.29, 1.82) is 0 Å². The van der Waals surface area contributed by atoms with E-state index in [0.717, 1.165) is 40.4 Å². The fraction of sp³-hybridized carbons (Fsp3) is 0.0455. The Balaban J connectivity index is 1.37. The molecule has 0 aliphatic heterocycles. The van der Waals surface area contributed by atoms with Gasteiger partial charge in [-0.25, -0.2) is 9.97 Å². The molecule has 2 heterocycles. The molecule has 0 fully saturated rings. The molecule has 0 radical (unpaired) electrons. The number of para-hydroxylation sites is 2. The van der Waals surface area contributed by atoms with Crippen LogP contribution >= 0.6 is 0 Å². The summed E-state index contributed by atoms with van der Waals surface area (Å²) in [5.41, 5.74) is 8.98. The molecular weight excluding hydrogens is 571 g/mol. The quantitative estimate of drug-likeness (QED) is 0.184. The lowest BCUT2D eigenvalue weighted by Gasteiger charge is -2.19. The highest BCUT2D eigenvalue weighted by Crippen LogP contribution is 2.45. The summed E-state index contributed by atoms with van der Waals surface area (Å²) in [6.45, 7) is 2.15. The first-order chi connectivity index (χ1) is 23.3. The van der Waals surface area contributed by atoms with Crippen LogP contribution in [0.15, 0.2) is 158 Å². The Morgan fingerprint density at radius 2 is 1.17 bits per heavy atom. The monoisotopic (exact) mass is 601 g/mol. The minimum absolute atomic E-state index is 0.813. The van der Waals surface area contributed by atoms with E-state index in [9.17, 15) is 0 Å². The van der Waals surface area contributed by atoms with Gasteiger partial charge in [-0.3, -0.25) is 4.57 Å². The van der Waals surface area contributed by atoms with E-state index in [0.29, 0.717) is 0 Å². The van der Waals surface area contributed by atoms with Crippen LogP contribution in [0.4, 0.5) is 0 Å². The van der Waals surface area contributed by atoms with E-state index in [1.807, 2.05) is 6.07 Å². The van der Waals surface area contributed by atoms with Gasteiger partial charge in [0.15, 0.2) is 0 Å². The summed E-state index contributed by atoms with van der Waals surface area (Å²) in [5.74, 6) is 1.88. The van der Waals surface area contributed by atoms with Crippen molar-refractivity contribution in [3.05, 3.63) is 164 Å². The van der Waals surface area contributed by atoms with Gasteiger partial charge < -0.3 is 0 Å². The zero-order valence-electron chi connectivity index (χ0n) is 26.1. The van der Waals surface area contributed by atoms with Crippen LogP contribution in [-0.2, 0) is 6.42 Å². The number of hydrogen-bond acceptors (Lipinski definition) is 2. The second kappa shape index (κ2) is 11.1. The van der Waals surface area contributed by atoms with Crippen molar-refractivity contribution < 1.29 is 0 Å². The Morgan fingerprint density at radius 1 is 0.468 bits per heavy atom. The molecule has 9 aromatic rings. The number of rotatable bonds is 5. The zero-order valence-corrected chi connectivity index (χ0v) is 26.1. The van der Waals surface area contributed by atoms with Crippen LogP contribution in [0.3, 0.4) is 0 Å². The van der Waals surface area contributed by atoms with Crippen molar-refractivity contribution in [2.75, 3.05) is 0 Å². The Bertz CT molecular complexity index is 2610. The molecule has 7 aromatic carbocycles. The zero-order chi connectivity index (χ0) is 31.3. The van der Waals surface area contributed by atoms with Crippen molar-refractivity contribution in [1.82, 2.24) is 14.5 Å². The summed E-state index contributed by atoms with van der Waals surface area (Å²) in [4.78, 5) is 10.4. The third-order valence-electron chi connectivity index (χ3n) is 9.34. The molecule has 3 heteroatoms. The molecule has 222 valence electrons. The third kappa shape index (κ3) is 4.51. The van der Waals surface area contributed by atoms with Crippen LogP contribution in [0, 0.1) is 0 Å². The van der Waals surface area contributed by atoms with Gasteiger partial charge in [0, 0.05) is 12.0 Å². The first-order valence-electron chi connectivity index (χ1n) is 16.2. The van der Waals surface area contributed by atoms with Crippen molar-refractivity contribution in [2.24, 2.45) is 0 Å². The van der Waals surface area contributed by atoms with Crippen LogP contribution < -0.4 is 0 Å². The highest BCUT2D eigenvalue weighted by Gasteiger charge is 2.20. The fourth-order valence-electron chi connectivity index (χ4n) is 7.18. The molecule has 9 rings (SSSR count). The third-order valence-corrected chi connectivity index (χ3v) is 9.34. The van der Waals surface area contributed by atoms with Gasteiger partial charge in [-0.1, -0.05) is 128 Å². The predicted octanol–water partition coefficient (Wildman–Crippen LogP) is 11.4. The first-order valence-corrected chi connectivity index (χ1v) is 16.2. The van der Waals surface area contributed by atoms with E-state index in [1.165, 1.54) is 54.6 Å². The SMILES string of the molecule is CCc1nc2ccccc2n1-c1cccc(-c2c3ccccc3c(-c3ccc4ccccc4c3)c3ccc(-c4ccccc4)cc23)n1. The Morgan fingerprint density at radius 3 is 2.02 bits per heavy atom. The van der Waals surface area contributed by atoms with Crippen molar-refractivity contribution >= 4 is 43.4 Å². The minimum Gasteiger partial charge on any atom is -0.280 e. The number of imidazole rings is 1. The molecular formula is C44H31N3. The summed E-state index contributed by atoms with van der Waals surface area (Å²) >= 11 is 0. The molecule has 0 bridgehead atoms. The van der Waals surface area contributed by atoms with Gasteiger partial charge in [0.1, 0.15) is 11.6 Å². The lowest BCUT2D eigenvalue weighted by atomic mass is 9.85. The topological polar surface area (TPSA) is 30.7 Å². The van der Waals surface area contributed by atoms with Crippen LogP contribution in [-0.4, -0.2) is 14.5 Å². The van der Waals surface area contributed by atoms with E-state index in [1.54, 1.807) is 0 Å². The Labute approximate surface area is 273 Å². The second-order valence-electron chi connectivity index (χ2n) is 12.1. The van der Waals surface area contributed by atoms with Gasteiger partial charge in [0.25, 0.3) is 0 Å². The fourth-order valence-corrected chi connectivity index (χ4v) is 7.18. The van der Waals surface area contributed by atoms with Gasteiger partial charge in [-0.15, -0.1) is 0 Å². The molecule has 0 spiro atoms. The van der Waals surface area contributed by atoms with Gasteiger partial charge >= 0.3 is 0 Å². The summed E-state index contributed by atoms with van der Waals surface area (Å²) in [7, 11) is 0. The highest BCUT2D eigenvalue weighted by molar-refractivity contribution is 6.22. The molecule has 47 heavy (non-hydrogen) atoms. The van der Waals surface area contributed by atoms with E-state index < -0.39 is 0 Å². The van der Waals surface area contributed by atoms with Crippen LogP contribution in [0.25, 0.3) is 82.7 Å². The predicted molar refractivity (Wildman–Crippen MR) is 197 cm³/mol. The van der Waals surface area contributed by atoms with Crippen LogP contribution in [0.5, 0.6) is 0 Å². The van der Waals surface area contributed by atoms with E-state index >= 15 is 0 Å². The number of aromatic nitrogens is 3. The lowest BCUT2D eigenvalue weighted by molar-refractivity contribution is 0.886. The molecule has 0 saturated heterocycles. The normalized spacial score (nSPS) is 11.6. The second-order valence-corrected chi connectivity index (χ2v) is 12.1. The number of aryl methyl sites for hydroxylation is 1. The lowest BCUT2D eigenvalue weighted by Crippen LogP contribution is -2.03. The molecule has 0 unspecified atom stereocenters. The average molecular weight is 602 g/mol. The first kappa shape index (κ1) is 27.3. The maximum atomic E-state index is 5.41. The summed E-state index contributed by atoms with van der Waals surface area (Å²) in [5, 5.41) is 7.27. The summed E-state index contributed by atoms with van der Waals surface area (Å²) in [6, 6.07) is 56.5. The van der Waals surface area contributed by atoms with Crippen molar-refractivity contribution in [3.63, 3.8) is 0 Å². The Kier molecular flexibility index (Phi) is 6.43. The molecule has 0 aliphatic rings.